The Balaban J connectivity index is 2.37. The van der Waals surface area contributed by atoms with Crippen molar-refractivity contribution < 1.29 is 9.59 Å². The molecule has 0 spiro atoms. The standard InChI is InChI=1S/C15H27NO2/c1-15(2,3)13(17)11-16-14(18)12-9-7-5-4-6-8-10-12/h12H,4-11H2,1-3H3,(H,16,18). The minimum Gasteiger partial charge on any atom is -0.349 e. The average molecular weight is 253 g/mol. The van der Waals surface area contributed by atoms with Gasteiger partial charge in [0.15, 0.2) is 5.78 Å². The Labute approximate surface area is 111 Å². The molecule has 1 rings (SSSR count). The SMILES string of the molecule is CC(C)(C)C(=O)CNC(=O)C1CCCCCCC1. The summed E-state index contributed by atoms with van der Waals surface area (Å²) < 4.78 is 0. The highest BCUT2D eigenvalue weighted by atomic mass is 16.2. The van der Waals surface area contributed by atoms with Gasteiger partial charge < -0.3 is 5.32 Å². The number of hydrogen-bond donors (Lipinski definition) is 1. The lowest BCUT2D eigenvalue weighted by molar-refractivity contribution is -0.131. The third-order valence-electron chi connectivity index (χ3n) is 3.74. The van der Waals surface area contributed by atoms with Gasteiger partial charge in [-0.15, -0.1) is 0 Å². The fraction of sp³-hybridized carbons (Fsp3) is 0.867. The highest BCUT2D eigenvalue weighted by Crippen LogP contribution is 2.22. The summed E-state index contributed by atoms with van der Waals surface area (Å²) in [5.74, 6) is 0.300. The van der Waals surface area contributed by atoms with Crippen molar-refractivity contribution in [1.82, 2.24) is 5.32 Å². The van der Waals surface area contributed by atoms with E-state index < -0.39 is 0 Å². The molecule has 0 atom stereocenters. The van der Waals surface area contributed by atoms with Crippen molar-refractivity contribution in [3.8, 4) is 0 Å². The van der Waals surface area contributed by atoms with Gasteiger partial charge in [-0.1, -0.05) is 52.9 Å². The van der Waals surface area contributed by atoms with Gasteiger partial charge in [0.05, 0.1) is 6.54 Å². The molecule has 0 aromatic rings. The van der Waals surface area contributed by atoms with Crippen molar-refractivity contribution in [3.63, 3.8) is 0 Å². The molecule has 18 heavy (non-hydrogen) atoms. The largest absolute Gasteiger partial charge is 0.349 e. The van der Waals surface area contributed by atoms with Gasteiger partial charge in [-0.05, 0) is 12.8 Å². The zero-order valence-corrected chi connectivity index (χ0v) is 12.1. The van der Waals surface area contributed by atoms with E-state index in [4.69, 9.17) is 0 Å². The summed E-state index contributed by atoms with van der Waals surface area (Å²) in [7, 11) is 0. The number of Topliss-reactive ketones (excluding diaryl/α,β-unsaturated/α-hetero) is 1. The van der Waals surface area contributed by atoms with Crippen LogP contribution in [0.1, 0.15) is 65.7 Å². The van der Waals surface area contributed by atoms with E-state index in [1.807, 2.05) is 20.8 Å². The number of hydrogen-bond acceptors (Lipinski definition) is 2. The molecule has 0 bridgehead atoms. The van der Waals surface area contributed by atoms with Crippen LogP contribution in [0, 0.1) is 11.3 Å². The zero-order valence-electron chi connectivity index (χ0n) is 12.1. The van der Waals surface area contributed by atoms with E-state index in [0.29, 0.717) is 0 Å². The summed E-state index contributed by atoms with van der Waals surface area (Å²) in [5, 5.41) is 2.82. The maximum atomic E-state index is 12.0. The van der Waals surface area contributed by atoms with Crippen LogP contribution in [0.2, 0.25) is 0 Å². The second-order valence-corrected chi connectivity index (χ2v) is 6.43. The number of nitrogens with one attached hydrogen (secondary N) is 1. The van der Waals surface area contributed by atoms with Crippen LogP contribution in [0.15, 0.2) is 0 Å². The first-order valence-electron chi connectivity index (χ1n) is 7.22. The Morgan fingerprint density at radius 3 is 2.00 bits per heavy atom. The lowest BCUT2D eigenvalue weighted by Crippen LogP contribution is -2.38. The molecule has 0 radical (unpaired) electrons. The van der Waals surface area contributed by atoms with Crippen molar-refractivity contribution in [2.24, 2.45) is 11.3 Å². The quantitative estimate of drug-likeness (QED) is 0.840. The second-order valence-electron chi connectivity index (χ2n) is 6.43. The number of carbonyl (C=O) groups excluding carboxylic acids is 2. The van der Waals surface area contributed by atoms with Crippen molar-refractivity contribution in [3.05, 3.63) is 0 Å². The average Bonchev–Trinajstić information content (AvgIpc) is 2.23. The molecule has 0 aliphatic heterocycles. The Kier molecular flexibility index (Phi) is 5.83. The zero-order chi connectivity index (χ0) is 13.6. The summed E-state index contributed by atoms with van der Waals surface area (Å²) in [4.78, 5) is 23.8. The van der Waals surface area contributed by atoms with Crippen LogP contribution >= 0.6 is 0 Å². The predicted octanol–water partition coefficient (Wildman–Crippen LogP) is 3.08. The fourth-order valence-electron chi connectivity index (χ4n) is 2.30. The number of amides is 1. The molecular weight excluding hydrogens is 226 g/mol. The minimum absolute atomic E-state index is 0.0782. The Morgan fingerprint density at radius 2 is 1.50 bits per heavy atom. The molecule has 0 saturated heterocycles. The molecule has 3 nitrogen and oxygen atoms in total. The highest BCUT2D eigenvalue weighted by Gasteiger charge is 2.24. The topological polar surface area (TPSA) is 46.2 Å². The Morgan fingerprint density at radius 1 is 1.00 bits per heavy atom. The molecule has 0 aromatic carbocycles. The lowest BCUT2D eigenvalue weighted by atomic mass is 9.89. The van der Waals surface area contributed by atoms with Gasteiger partial charge in [-0.25, -0.2) is 0 Å². The molecule has 3 heteroatoms. The second kappa shape index (κ2) is 6.91. The molecule has 1 saturated carbocycles. The predicted molar refractivity (Wildman–Crippen MR) is 73.3 cm³/mol. The maximum absolute atomic E-state index is 12.0. The molecule has 1 aliphatic carbocycles. The van der Waals surface area contributed by atoms with Crippen molar-refractivity contribution in [1.29, 1.82) is 0 Å². The molecule has 0 heterocycles. The van der Waals surface area contributed by atoms with Crippen LogP contribution in [-0.2, 0) is 9.59 Å². The molecule has 1 aliphatic rings. The molecular formula is C15H27NO2. The lowest BCUT2D eigenvalue weighted by Gasteiger charge is -2.21. The fourth-order valence-corrected chi connectivity index (χ4v) is 2.30. The monoisotopic (exact) mass is 253 g/mol. The van der Waals surface area contributed by atoms with E-state index in [1.54, 1.807) is 0 Å². The van der Waals surface area contributed by atoms with E-state index in [-0.39, 0.29) is 29.6 Å². The molecule has 104 valence electrons. The van der Waals surface area contributed by atoms with Gasteiger partial charge in [0, 0.05) is 11.3 Å². The van der Waals surface area contributed by atoms with Gasteiger partial charge in [-0.2, -0.15) is 0 Å². The molecule has 1 fully saturated rings. The van der Waals surface area contributed by atoms with Crippen LogP contribution in [0.4, 0.5) is 0 Å². The first kappa shape index (κ1) is 15.2. The molecule has 1 amide bonds. The van der Waals surface area contributed by atoms with Gasteiger partial charge in [0.1, 0.15) is 0 Å². The molecule has 0 aromatic heterocycles. The maximum Gasteiger partial charge on any atom is 0.223 e. The first-order valence-corrected chi connectivity index (χ1v) is 7.22. The van der Waals surface area contributed by atoms with Crippen molar-refractivity contribution in [2.75, 3.05) is 6.54 Å². The summed E-state index contributed by atoms with van der Waals surface area (Å²) in [6, 6.07) is 0. The minimum atomic E-state index is -0.367. The summed E-state index contributed by atoms with van der Waals surface area (Å²) in [6.45, 7) is 5.84. The first-order chi connectivity index (χ1) is 8.41. The third kappa shape index (κ3) is 5.19. The van der Waals surface area contributed by atoms with E-state index >= 15 is 0 Å². The number of rotatable bonds is 3. The van der Waals surface area contributed by atoms with Gasteiger partial charge in [0.25, 0.3) is 0 Å². The van der Waals surface area contributed by atoms with Crippen LogP contribution in [-0.4, -0.2) is 18.2 Å². The smallest absolute Gasteiger partial charge is 0.223 e. The van der Waals surface area contributed by atoms with Gasteiger partial charge in [-0.3, -0.25) is 9.59 Å². The number of ketones is 1. The van der Waals surface area contributed by atoms with E-state index in [0.717, 1.165) is 25.7 Å². The summed E-state index contributed by atoms with van der Waals surface area (Å²) >= 11 is 0. The van der Waals surface area contributed by atoms with Crippen molar-refractivity contribution >= 4 is 11.7 Å². The third-order valence-corrected chi connectivity index (χ3v) is 3.74. The van der Waals surface area contributed by atoms with Gasteiger partial charge >= 0.3 is 0 Å². The van der Waals surface area contributed by atoms with Crippen molar-refractivity contribution in [2.45, 2.75) is 65.7 Å². The van der Waals surface area contributed by atoms with Crippen LogP contribution in [0.3, 0.4) is 0 Å². The number of carbonyl (C=O) groups is 2. The Bertz CT molecular complexity index is 283. The normalized spacial score (nSPS) is 18.8. The van der Waals surface area contributed by atoms with E-state index in [1.165, 1.54) is 19.3 Å². The molecule has 1 N–H and O–H groups in total. The highest BCUT2D eigenvalue weighted by molar-refractivity contribution is 5.89. The van der Waals surface area contributed by atoms with E-state index in [9.17, 15) is 9.59 Å². The van der Waals surface area contributed by atoms with E-state index in [2.05, 4.69) is 5.32 Å². The van der Waals surface area contributed by atoms with Crippen LogP contribution < -0.4 is 5.32 Å². The van der Waals surface area contributed by atoms with Gasteiger partial charge in [0.2, 0.25) is 5.91 Å². The summed E-state index contributed by atoms with van der Waals surface area (Å²) in [5.41, 5.74) is -0.367. The van der Waals surface area contributed by atoms with Crippen LogP contribution in [0.25, 0.3) is 0 Å². The summed E-state index contributed by atoms with van der Waals surface area (Å²) in [6.07, 6.45) is 8.04. The van der Waals surface area contributed by atoms with Crippen LogP contribution in [0.5, 0.6) is 0 Å². The molecule has 0 unspecified atom stereocenters. The Hall–Kier alpha value is -0.860.